The molecule has 2 rings (SSSR count). The number of likely N-dealkylation sites (tertiary alicyclic amines) is 1. The third-order valence-electron chi connectivity index (χ3n) is 4.35. The van der Waals surface area contributed by atoms with Gasteiger partial charge in [0.1, 0.15) is 0 Å². The van der Waals surface area contributed by atoms with Gasteiger partial charge in [-0.15, -0.1) is 0 Å². The third kappa shape index (κ3) is 4.42. The molecule has 1 N–H and O–H groups in total. The largest absolute Gasteiger partial charge is 0.363 e. The van der Waals surface area contributed by atoms with Crippen LogP contribution in [0.3, 0.4) is 0 Å². The molecule has 1 atom stereocenters. The minimum atomic E-state index is -3.35. The first-order valence-electron chi connectivity index (χ1n) is 7.77. The van der Waals surface area contributed by atoms with Crippen LogP contribution in [-0.4, -0.2) is 80.1 Å². The van der Waals surface area contributed by atoms with Gasteiger partial charge in [-0.05, 0) is 19.8 Å². The molecule has 0 aromatic carbocycles. The highest BCUT2D eigenvalue weighted by Crippen LogP contribution is 2.24. The molecule has 2 aliphatic heterocycles. The molecular weight excluding hydrogens is 322 g/mol. The molecule has 8 nitrogen and oxygen atoms in total. The smallest absolute Gasteiger partial charge is 0.255 e. The SMILES string of the molecule is CC(=O)NC1CCN(C(=O)C2(C)CN(S(C)(=O)=O)CCO2)CC1. The molecule has 2 heterocycles. The van der Waals surface area contributed by atoms with Crippen molar-refractivity contribution in [3.05, 3.63) is 0 Å². The van der Waals surface area contributed by atoms with E-state index in [-0.39, 0.29) is 37.6 Å². The second kappa shape index (κ2) is 6.74. The number of ether oxygens (including phenoxy) is 1. The Hall–Kier alpha value is -1.19. The highest BCUT2D eigenvalue weighted by molar-refractivity contribution is 7.88. The lowest BCUT2D eigenvalue weighted by atomic mass is 9.99. The van der Waals surface area contributed by atoms with Crippen molar-refractivity contribution >= 4 is 21.8 Å². The van der Waals surface area contributed by atoms with Crippen LogP contribution < -0.4 is 5.32 Å². The van der Waals surface area contributed by atoms with Gasteiger partial charge in [-0.25, -0.2) is 8.42 Å². The Morgan fingerprint density at radius 3 is 2.35 bits per heavy atom. The summed E-state index contributed by atoms with van der Waals surface area (Å²) in [4.78, 5) is 25.5. The molecule has 0 spiro atoms. The van der Waals surface area contributed by atoms with Crippen molar-refractivity contribution in [3.63, 3.8) is 0 Å². The van der Waals surface area contributed by atoms with Crippen LogP contribution in [0.5, 0.6) is 0 Å². The van der Waals surface area contributed by atoms with Gasteiger partial charge in [0.2, 0.25) is 15.9 Å². The maximum atomic E-state index is 12.8. The molecule has 0 aromatic heterocycles. The van der Waals surface area contributed by atoms with E-state index in [0.717, 1.165) is 6.26 Å². The minimum absolute atomic E-state index is 0.0380. The zero-order valence-electron chi connectivity index (χ0n) is 13.9. The van der Waals surface area contributed by atoms with Gasteiger partial charge in [0, 0.05) is 32.6 Å². The van der Waals surface area contributed by atoms with Crippen LogP contribution in [0, 0.1) is 0 Å². The lowest BCUT2D eigenvalue weighted by molar-refractivity contribution is -0.164. The van der Waals surface area contributed by atoms with Gasteiger partial charge in [-0.1, -0.05) is 0 Å². The first kappa shape index (κ1) is 18.2. The molecule has 0 saturated carbocycles. The Balaban J connectivity index is 1.98. The predicted octanol–water partition coefficient (Wildman–Crippen LogP) is -0.836. The Kier molecular flexibility index (Phi) is 5.32. The fourth-order valence-electron chi connectivity index (χ4n) is 3.10. The van der Waals surface area contributed by atoms with Crippen molar-refractivity contribution in [1.29, 1.82) is 0 Å². The highest BCUT2D eigenvalue weighted by Gasteiger charge is 2.44. The van der Waals surface area contributed by atoms with Crippen LogP contribution in [0.15, 0.2) is 0 Å². The molecule has 2 aliphatic rings. The van der Waals surface area contributed by atoms with Gasteiger partial charge in [0.25, 0.3) is 5.91 Å². The summed E-state index contributed by atoms with van der Waals surface area (Å²) in [6.07, 6.45) is 2.52. The number of sulfonamides is 1. The summed E-state index contributed by atoms with van der Waals surface area (Å²) in [5.74, 6) is -0.256. The lowest BCUT2D eigenvalue weighted by Crippen LogP contribution is -2.61. The summed E-state index contributed by atoms with van der Waals surface area (Å²) < 4.78 is 30.4. The third-order valence-corrected chi connectivity index (χ3v) is 5.60. The molecule has 0 aliphatic carbocycles. The molecule has 132 valence electrons. The molecule has 0 bridgehead atoms. The summed E-state index contributed by atoms with van der Waals surface area (Å²) in [5.41, 5.74) is -1.15. The van der Waals surface area contributed by atoms with Gasteiger partial charge in [0.15, 0.2) is 5.60 Å². The van der Waals surface area contributed by atoms with Gasteiger partial charge in [-0.3, -0.25) is 9.59 Å². The van der Waals surface area contributed by atoms with E-state index in [0.29, 0.717) is 25.9 Å². The van der Waals surface area contributed by atoms with Crippen LogP contribution in [-0.2, 0) is 24.3 Å². The van der Waals surface area contributed by atoms with Crippen molar-refractivity contribution in [2.24, 2.45) is 0 Å². The number of carbonyl (C=O) groups excluding carboxylic acids is 2. The van der Waals surface area contributed by atoms with Crippen LogP contribution in [0.2, 0.25) is 0 Å². The Morgan fingerprint density at radius 2 is 1.83 bits per heavy atom. The average Bonchev–Trinajstić information content (AvgIpc) is 2.46. The van der Waals surface area contributed by atoms with E-state index < -0.39 is 15.6 Å². The normalized spacial score (nSPS) is 27.7. The van der Waals surface area contributed by atoms with Gasteiger partial charge >= 0.3 is 0 Å². The highest BCUT2D eigenvalue weighted by atomic mass is 32.2. The molecule has 9 heteroatoms. The molecule has 1 unspecified atom stereocenters. The Bertz CT molecular complexity index is 571. The fourth-order valence-corrected chi connectivity index (χ4v) is 3.98. The van der Waals surface area contributed by atoms with E-state index in [1.54, 1.807) is 11.8 Å². The summed E-state index contributed by atoms with van der Waals surface area (Å²) in [5, 5.41) is 2.86. The van der Waals surface area contributed by atoms with Gasteiger partial charge in [-0.2, -0.15) is 4.31 Å². The molecule has 0 radical (unpaired) electrons. The maximum absolute atomic E-state index is 12.8. The first-order valence-corrected chi connectivity index (χ1v) is 9.62. The van der Waals surface area contributed by atoms with Crippen LogP contribution in [0.25, 0.3) is 0 Å². The fraction of sp³-hybridized carbons (Fsp3) is 0.857. The zero-order chi connectivity index (χ0) is 17.3. The number of hydrogen-bond donors (Lipinski definition) is 1. The van der Waals surface area contributed by atoms with E-state index in [2.05, 4.69) is 5.32 Å². The van der Waals surface area contributed by atoms with E-state index in [1.807, 2.05) is 0 Å². The standard InChI is InChI=1S/C14H25N3O5S/c1-11(18)15-12-4-6-16(7-5-12)13(19)14(2)10-17(8-9-22-14)23(3,20)21/h12H,4-10H2,1-3H3,(H,15,18). The Morgan fingerprint density at radius 1 is 1.22 bits per heavy atom. The minimum Gasteiger partial charge on any atom is -0.363 e. The topological polar surface area (TPSA) is 96.0 Å². The lowest BCUT2D eigenvalue weighted by Gasteiger charge is -2.42. The Labute approximate surface area is 137 Å². The molecule has 2 amide bonds. The van der Waals surface area contributed by atoms with Crippen molar-refractivity contribution in [3.8, 4) is 0 Å². The first-order chi connectivity index (χ1) is 10.6. The number of carbonyl (C=O) groups is 2. The number of rotatable bonds is 3. The zero-order valence-corrected chi connectivity index (χ0v) is 14.7. The molecule has 0 aromatic rings. The quantitative estimate of drug-likeness (QED) is 0.718. The monoisotopic (exact) mass is 347 g/mol. The van der Waals surface area contributed by atoms with E-state index in [1.165, 1.54) is 11.2 Å². The molecule has 2 fully saturated rings. The van der Waals surface area contributed by atoms with Crippen LogP contribution >= 0.6 is 0 Å². The van der Waals surface area contributed by atoms with Crippen molar-refractivity contribution < 1.29 is 22.7 Å². The number of nitrogens with zero attached hydrogens (tertiary/aromatic N) is 2. The molecule has 2 saturated heterocycles. The summed E-state index contributed by atoms with van der Waals surface area (Å²) in [7, 11) is -3.35. The number of hydrogen-bond acceptors (Lipinski definition) is 5. The predicted molar refractivity (Wildman–Crippen MR) is 84.2 cm³/mol. The second-order valence-corrected chi connectivity index (χ2v) is 8.43. The van der Waals surface area contributed by atoms with Gasteiger partial charge in [0.05, 0.1) is 19.4 Å². The van der Waals surface area contributed by atoms with Crippen LogP contribution in [0.1, 0.15) is 26.7 Å². The van der Waals surface area contributed by atoms with Crippen molar-refractivity contribution in [1.82, 2.24) is 14.5 Å². The van der Waals surface area contributed by atoms with Crippen molar-refractivity contribution in [2.45, 2.75) is 38.3 Å². The van der Waals surface area contributed by atoms with Crippen LogP contribution in [0.4, 0.5) is 0 Å². The molecule has 23 heavy (non-hydrogen) atoms. The van der Waals surface area contributed by atoms with E-state index in [9.17, 15) is 18.0 Å². The van der Waals surface area contributed by atoms with E-state index >= 15 is 0 Å². The summed E-state index contributed by atoms with van der Waals surface area (Å²) >= 11 is 0. The second-order valence-electron chi connectivity index (χ2n) is 6.44. The number of morpholine rings is 1. The van der Waals surface area contributed by atoms with Crippen molar-refractivity contribution in [2.75, 3.05) is 39.0 Å². The maximum Gasteiger partial charge on any atom is 0.255 e. The van der Waals surface area contributed by atoms with E-state index in [4.69, 9.17) is 4.74 Å². The molecular formula is C14H25N3O5S. The number of nitrogens with one attached hydrogen (secondary N) is 1. The summed E-state index contributed by atoms with van der Waals surface area (Å²) in [6, 6.07) is 0.0872. The summed E-state index contributed by atoms with van der Waals surface area (Å²) in [6.45, 7) is 4.70. The number of piperidine rings is 1. The number of amides is 2. The van der Waals surface area contributed by atoms with Gasteiger partial charge < -0.3 is 15.0 Å². The average molecular weight is 347 g/mol.